The van der Waals surface area contributed by atoms with E-state index in [1.165, 1.54) is 0 Å². The Morgan fingerprint density at radius 2 is 0.679 bits per heavy atom. The van der Waals surface area contributed by atoms with Crippen LogP contribution in [0.25, 0.3) is 0 Å². The Bertz CT molecular complexity index is 519. The van der Waals surface area contributed by atoms with Crippen LogP contribution in [0.4, 0.5) is 0 Å². The van der Waals surface area contributed by atoms with Crippen molar-refractivity contribution < 1.29 is 108 Å². The van der Waals surface area contributed by atoms with Crippen molar-refractivity contribution >= 4 is 35.8 Å². The summed E-state index contributed by atoms with van der Waals surface area (Å²) < 4.78 is 0. The molecule has 1 radical (unpaired) electrons. The number of carbonyl (C=O) groups is 6. The number of rotatable bonds is 10. The minimum Gasteiger partial charge on any atom is -0.550 e. The quantitative estimate of drug-likeness (QED) is 0.245. The minimum atomic E-state index is -2.97. The van der Waals surface area contributed by atoms with Gasteiger partial charge >= 0.3 is 21.1 Å². The third kappa shape index (κ3) is 14.1. The van der Waals surface area contributed by atoms with Crippen LogP contribution in [-0.2, 0) is 66.9 Å². The van der Waals surface area contributed by atoms with Crippen LogP contribution < -0.4 is 30.6 Å². The molecule has 28 heavy (non-hydrogen) atoms. The van der Waals surface area contributed by atoms with E-state index in [2.05, 4.69) is 0 Å². The summed E-state index contributed by atoms with van der Waals surface area (Å²) in [6, 6.07) is 0. The van der Waals surface area contributed by atoms with E-state index in [0.717, 1.165) is 0 Å². The second-order valence-corrected chi connectivity index (χ2v) is 4.83. The maximum absolute atomic E-state index is 10.1. The van der Waals surface area contributed by atoms with E-state index in [1.807, 2.05) is 0 Å². The monoisotopic (exact) mass is 539 g/mol. The molecule has 0 aromatic carbocycles. The summed E-state index contributed by atoms with van der Waals surface area (Å²) in [5, 5.41) is 77.9. The summed E-state index contributed by atoms with van der Waals surface area (Å²) in [5.74, 6) is -12.0. The van der Waals surface area contributed by atoms with Gasteiger partial charge in [-0.2, -0.15) is 0 Å². The van der Waals surface area contributed by atoms with E-state index in [0.29, 0.717) is 0 Å². The van der Waals surface area contributed by atoms with Crippen LogP contribution in [0.5, 0.6) is 0 Å². The summed E-state index contributed by atoms with van der Waals surface area (Å²) >= 11 is 0. The van der Waals surface area contributed by atoms with Gasteiger partial charge in [0.05, 0.1) is 11.9 Å². The molecule has 0 aliphatic heterocycles. The SMILES string of the molecule is O=C([O-])CC(O)(CC(=O)[O-])C(=O)[O-].O=C([O-])CC(O)(CC(=O)[O-])C(=O)[O-].[Cu].[Mo+6]. The predicted octanol–water partition coefficient (Wildman–Crippen LogP) is -10.5. The summed E-state index contributed by atoms with van der Waals surface area (Å²) in [7, 11) is 0. The Balaban J connectivity index is -0.000000192. The fourth-order valence-corrected chi connectivity index (χ4v) is 1.37. The zero-order valence-corrected chi connectivity index (χ0v) is 16.3. The van der Waals surface area contributed by atoms with Crippen molar-refractivity contribution in [3.63, 3.8) is 0 Å². The van der Waals surface area contributed by atoms with Gasteiger partial charge < -0.3 is 69.6 Å². The average Bonchev–Trinajstić information content (AvgIpc) is 2.34. The molecule has 2 N–H and O–H groups in total. The van der Waals surface area contributed by atoms with Gasteiger partial charge in [-0.1, -0.05) is 0 Å². The van der Waals surface area contributed by atoms with E-state index >= 15 is 0 Å². The molecule has 0 fully saturated rings. The van der Waals surface area contributed by atoms with Crippen molar-refractivity contribution in [3.8, 4) is 0 Å². The smallest absolute Gasteiger partial charge is 0.550 e. The number of hydrogen-bond acceptors (Lipinski definition) is 14. The molecular formula is C12H10CuMoO14. The second-order valence-electron chi connectivity index (χ2n) is 4.83. The maximum atomic E-state index is 10.1. The molecule has 0 saturated heterocycles. The number of aliphatic hydroxyl groups is 2. The Hall–Kier alpha value is -2.05. The van der Waals surface area contributed by atoms with Gasteiger partial charge in [-0.15, -0.1) is 0 Å². The molecule has 0 amide bonds. The van der Waals surface area contributed by atoms with Crippen LogP contribution in [0.2, 0.25) is 0 Å². The molecule has 0 rings (SSSR count). The van der Waals surface area contributed by atoms with E-state index in [9.17, 15) is 59.4 Å². The fourth-order valence-electron chi connectivity index (χ4n) is 1.37. The molecule has 0 unspecified atom stereocenters. The zero-order valence-electron chi connectivity index (χ0n) is 13.3. The molecular weight excluding hydrogens is 528 g/mol. The maximum Gasteiger partial charge on any atom is 6.00 e. The van der Waals surface area contributed by atoms with Crippen molar-refractivity contribution in [2.45, 2.75) is 36.9 Å². The van der Waals surface area contributed by atoms with Crippen molar-refractivity contribution in [1.29, 1.82) is 0 Å². The van der Waals surface area contributed by atoms with Gasteiger partial charge in [0.1, 0.15) is 11.2 Å². The van der Waals surface area contributed by atoms with Crippen molar-refractivity contribution in [2.75, 3.05) is 0 Å². The molecule has 159 valence electrons. The van der Waals surface area contributed by atoms with E-state index in [1.54, 1.807) is 0 Å². The molecule has 0 heterocycles. The summed E-state index contributed by atoms with van der Waals surface area (Å²) in [5.41, 5.74) is -5.95. The topological polar surface area (TPSA) is 281 Å². The van der Waals surface area contributed by atoms with E-state index < -0.39 is 72.7 Å². The minimum absolute atomic E-state index is 0. The van der Waals surface area contributed by atoms with Gasteiger partial charge in [-0.3, -0.25) is 0 Å². The van der Waals surface area contributed by atoms with Gasteiger partial charge in [-0.25, -0.2) is 0 Å². The largest absolute Gasteiger partial charge is 6.00 e. The van der Waals surface area contributed by atoms with Gasteiger partial charge in [0.2, 0.25) is 0 Å². The molecule has 16 heteroatoms. The first kappa shape index (κ1) is 33.5. The molecule has 0 saturated carbocycles. The van der Waals surface area contributed by atoms with Crippen LogP contribution in [0, 0.1) is 0 Å². The molecule has 0 aliphatic carbocycles. The van der Waals surface area contributed by atoms with Crippen molar-refractivity contribution in [3.05, 3.63) is 0 Å². The first-order valence-electron chi connectivity index (χ1n) is 6.23. The first-order chi connectivity index (χ1) is 11.6. The predicted molar refractivity (Wildman–Crippen MR) is 58.4 cm³/mol. The Labute approximate surface area is 180 Å². The number of carboxylic acids is 6. The van der Waals surface area contributed by atoms with E-state index in [4.69, 9.17) is 10.2 Å². The number of aliphatic carboxylic acids is 6. The fraction of sp³-hybridized carbons (Fsp3) is 0.500. The molecule has 0 spiro atoms. The van der Waals surface area contributed by atoms with Gasteiger partial charge in [0, 0.05) is 66.6 Å². The van der Waals surface area contributed by atoms with Crippen molar-refractivity contribution in [1.82, 2.24) is 0 Å². The number of carboxylic acid groups (broad SMARTS) is 6. The van der Waals surface area contributed by atoms with E-state index in [-0.39, 0.29) is 38.1 Å². The van der Waals surface area contributed by atoms with Gasteiger partial charge in [-0.05, 0) is 0 Å². The second kappa shape index (κ2) is 14.0. The Kier molecular flexibility index (Phi) is 16.8. The average molecular weight is 538 g/mol. The van der Waals surface area contributed by atoms with Crippen LogP contribution >= 0.6 is 0 Å². The summed E-state index contributed by atoms with van der Waals surface area (Å²) in [4.78, 5) is 60.0. The third-order valence-corrected chi connectivity index (χ3v) is 2.51. The number of carbonyl (C=O) groups excluding carboxylic acids is 6. The molecule has 0 atom stereocenters. The molecule has 0 bridgehead atoms. The van der Waals surface area contributed by atoms with Crippen LogP contribution in [0.15, 0.2) is 0 Å². The van der Waals surface area contributed by atoms with Gasteiger partial charge in [0.15, 0.2) is 0 Å². The Morgan fingerprint density at radius 1 is 0.536 bits per heavy atom. The molecule has 14 nitrogen and oxygen atoms in total. The number of hydrogen-bond donors (Lipinski definition) is 2. The summed E-state index contributed by atoms with van der Waals surface area (Å²) in [6.07, 6.45) is -5.43. The Morgan fingerprint density at radius 3 is 0.750 bits per heavy atom. The zero-order chi connectivity index (χ0) is 21.3. The first-order valence-corrected chi connectivity index (χ1v) is 6.23. The van der Waals surface area contributed by atoms with Crippen LogP contribution in [0.3, 0.4) is 0 Å². The van der Waals surface area contributed by atoms with Crippen molar-refractivity contribution in [2.24, 2.45) is 0 Å². The molecule has 0 aliphatic rings. The van der Waals surface area contributed by atoms with Crippen LogP contribution in [-0.4, -0.2) is 57.2 Å². The summed E-state index contributed by atoms with van der Waals surface area (Å²) in [6.45, 7) is 0. The molecule has 0 aromatic heterocycles. The third-order valence-electron chi connectivity index (χ3n) is 2.51. The molecule has 0 aromatic rings. The standard InChI is InChI=1S/2C6H8O7.Cu.Mo/c2*7-3(8)1-6(13,5(11)12)2-4(9)10;;/h2*13H,1-2H2,(H,7,8)(H,9,10)(H,11,12);;/q;;;+6/p-6. The van der Waals surface area contributed by atoms with Gasteiger partial charge in [0.25, 0.3) is 0 Å². The normalized spacial score (nSPS) is 10.1. The van der Waals surface area contributed by atoms with Crippen LogP contribution in [0.1, 0.15) is 25.7 Å².